The summed E-state index contributed by atoms with van der Waals surface area (Å²) in [4.78, 5) is 12.2. The second-order valence-electron chi connectivity index (χ2n) is 5.89. The van der Waals surface area contributed by atoms with E-state index in [0.29, 0.717) is 24.2 Å². The summed E-state index contributed by atoms with van der Waals surface area (Å²) in [5.74, 6) is 0.359. The Bertz CT molecular complexity index is 514. The highest BCUT2D eigenvalue weighted by molar-refractivity contribution is 6.32. The zero-order valence-electron chi connectivity index (χ0n) is 12.3. The molecule has 0 aliphatic carbocycles. The second-order valence-corrected chi connectivity index (χ2v) is 6.27. The summed E-state index contributed by atoms with van der Waals surface area (Å²) in [6, 6.07) is 0.640. The van der Waals surface area contributed by atoms with Crippen molar-refractivity contribution in [3.63, 3.8) is 0 Å². The Balaban J connectivity index is 2.16. The standard InChI is InChI=1S/C14H23ClN4O/c1-9(2)8-19-14(20)13(15)12(7-17-19)18-11-5-4-6-16-10(11)3/h7,9-11,16,18H,4-6,8H2,1-3H3. The molecule has 1 aliphatic heterocycles. The molecule has 1 aromatic rings. The van der Waals surface area contributed by atoms with Gasteiger partial charge in [0.15, 0.2) is 0 Å². The molecule has 2 atom stereocenters. The minimum Gasteiger partial charge on any atom is -0.378 e. The molecule has 5 nitrogen and oxygen atoms in total. The van der Waals surface area contributed by atoms with Crippen LogP contribution < -0.4 is 16.2 Å². The van der Waals surface area contributed by atoms with Crippen LogP contribution in [0.3, 0.4) is 0 Å². The Morgan fingerprint density at radius 2 is 2.35 bits per heavy atom. The third kappa shape index (κ3) is 3.52. The summed E-state index contributed by atoms with van der Waals surface area (Å²) in [6.45, 7) is 7.85. The van der Waals surface area contributed by atoms with Gasteiger partial charge in [-0.05, 0) is 32.2 Å². The molecule has 2 heterocycles. The minimum atomic E-state index is -0.221. The quantitative estimate of drug-likeness (QED) is 0.894. The first-order valence-corrected chi connectivity index (χ1v) is 7.62. The number of piperidine rings is 1. The molecule has 1 aromatic heterocycles. The molecule has 112 valence electrons. The third-order valence-electron chi connectivity index (χ3n) is 3.63. The number of anilines is 1. The highest BCUT2D eigenvalue weighted by atomic mass is 35.5. The normalized spacial score (nSPS) is 23.1. The van der Waals surface area contributed by atoms with Crippen molar-refractivity contribution in [1.29, 1.82) is 0 Å². The molecular weight excluding hydrogens is 276 g/mol. The van der Waals surface area contributed by atoms with Gasteiger partial charge in [0.05, 0.1) is 11.9 Å². The Morgan fingerprint density at radius 1 is 1.60 bits per heavy atom. The average molecular weight is 299 g/mol. The smallest absolute Gasteiger partial charge is 0.287 e. The van der Waals surface area contributed by atoms with E-state index in [2.05, 4.69) is 22.7 Å². The second kappa shape index (κ2) is 6.59. The molecule has 0 aromatic carbocycles. The first-order valence-electron chi connectivity index (χ1n) is 7.24. The van der Waals surface area contributed by atoms with Crippen LogP contribution in [0, 0.1) is 5.92 Å². The molecule has 6 heteroatoms. The van der Waals surface area contributed by atoms with E-state index < -0.39 is 0 Å². The maximum Gasteiger partial charge on any atom is 0.287 e. The fourth-order valence-electron chi connectivity index (χ4n) is 2.48. The lowest BCUT2D eigenvalue weighted by Gasteiger charge is -2.31. The summed E-state index contributed by atoms with van der Waals surface area (Å²) >= 11 is 6.19. The lowest BCUT2D eigenvalue weighted by Crippen LogP contribution is -2.46. The van der Waals surface area contributed by atoms with Crippen molar-refractivity contribution in [2.45, 2.75) is 52.2 Å². The van der Waals surface area contributed by atoms with Crippen LogP contribution >= 0.6 is 11.6 Å². The van der Waals surface area contributed by atoms with E-state index in [-0.39, 0.29) is 16.6 Å². The van der Waals surface area contributed by atoms with Crippen LogP contribution in [0.1, 0.15) is 33.6 Å². The molecule has 0 saturated carbocycles. The fraction of sp³-hybridized carbons (Fsp3) is 0.714. The van der Waals surface area contributed by atoms with Crippen LogP contribution in [0.25, 0.3) is 0 Å². The first kappa shape index (κ1) is 15.3. The van der Waals surface area contributed by atoms with Gasteiger partial charge in [0.1, 0.15) is 5.02 Å². The lowest BCUT2D eigenvalue weighted by molar-refractivity contribution is 0.389. The van der Waals surface area contributed by atoms with Crippen molar-refractivity contribution in [2.24, 2.45) is 5.92 Å². The van der Waals surface area contributed by atoms with Crippen LogP contribution in [-0.4, -0.2) is 28.4 Å². The van der Waals surface area contributed by atoms with E-state index in [0.717, 1.165) is 19.4 Å². The topological polar surface area (TPSA) is 59.0 Å². The predicted molar refractivity (Wildman–Crippen MR) is 82.5 cm³/mol. The van der Waals surface area contributed by atoms with Crippen molar-refractivity contribution in [3.8, 4) is 0 Å². The number of aromatic nitrogens is 2. The molecule has 0 radical (unpaired) electrons. The zero-order valence-corrected chi connectivity index (χ0v) is 13.1. The van der Waals surface area contributed by atoms with E-state index in [1.54, 1.807) is 6.20 Å². The van der Waals surface area contributed by atoms with Crippen molar-refractivity contribution in [1.82, 2.24) is 15.1 Å². The van der Waals surface area contributed by atoms with Gasteiger partial charge in [0.2, 0.25) is 0 Å². The number of hydrogen-bond donors (Lipinski definition) is 2. The predicted octanol–water partition coefficient (Wildman–Crippen LogP) is 2.11. The number of nitrogens with zero attached hydrogens (tertiary/aromatic N) is 2. The van der Waals surface area contributed by atoms with Crippen LogP contribution in [0.15, 0.2) is 11.0 Å². The summed E-state index contributed by atoms with van der Waals surface area (Å²) in [5.41, 5.74) is 0.416. The maximum absolute atomic E-state index is 12.2. The number of nitrogens with one attached hydrogen (secondary N) is 2. The maximum atomic E-state index is 12.2. The number of rotatable bonds is 4. The summed E-state index contributed by atoms with van der Waals surface area (Å²) < 4.78 is 1.43. The van der Waals surface area contributed by atoms with Gasteiger partial charge >= 0.3 is 0 Å². The monoisotopic (exact) mass is 298 g/mol. The number of hydrogen-bond acceptors (Lipinski definition) is 4. The van der Waals surface area contributed by atoms with E-state index in [1.807, 2.05) is 13.8 Å². The molecule has 2 N–H and O–H groups in total. The van der Waals surface area contributed by atoms with Crippen molar-refractivity contribution < 1.29 is 0 Å². The van der Waals surface area contributed by atoms with Gasteiger partial charge in [-0.1, -0.05) is 25.4 Å². The molecule has 1 saturated heterocycles. The molecule has 2 rings (SSSR count). The van der Waals surface area contributed by atoms with Crippen LogP contribution in [0.5, 0.6) is 0 Å². The van der Waals surface area contributed by atoms with Crippen LogP contribution in [0.2, 0.25) is 5.02 Å². The molecule has 0 spiro atoms. The van der Waals surface area contributed by atoms with Gasteiger partial charge < -0.3 is 10.6 Å². The Kier molecular flexibility index (Phi) is 5.05. The van der Waals surface area contributed by atoms with Gasteiger partial charge in [0, 0.05) is 18.6 Å². The van der Waals surface area contributed by atoms with Gasteiger partial charge in [-0.25, -0.2) is 4.68 Å². The van der Waals surface area contributed by atoms with Crippen LogP contribution in [-0.2, 0) is 6.54 Å². The zero-order chi connectivity index (χ0) is 14.7. The Hall–Kier alpha value is -1.07. The van der Waals surface area contributed by atoms with E-state index >= 15 is 0 Å². The summed E-state index contributed by atoms with van der Waals surface area (Å²) in [6.07, 6.45) is 3.85. The van der Waals surface area contributed by atoms with Gasteiger partial charge in [-0.2, -0.15) is 5.10 Å². The van der Waals surface area contributed by atoms with Gasteiger partial charge in [-0.15, -0.1) is 0 Å². The highest BCUT2D eigenvalue weighted by Crippen LogP contribution is 2.20. The van der Waals surface area contributed by atoms with Crippen molar-refractivity contribution in [3.05, 3.63) is 21.6 Å². The lowest BCUT2D eigenvalue weighted by atomic mass is 10.00. The summed E-state index contributed by atoms with van der Waals surface area (Å²) in [5, 5.41) is 11.2. The fourth-order valence-corrected chi connectivity index (χ4v) is 2.68. The summed E-state index contributed by atoms with van der Waals surface area (Å²) in [7, 11) is 0. The van der Waals surface area contributed by atoms with E-state index in [1.165, 1.54) is 4.68 Å². The molecular formula is C14H23ClN4O. The molecule has 0 amide bonds. The third-order valence-corrected chi connectivity index (χ3v) is 3.99. The van der Waals surface area contributed by atoms with Gasteiger partial charge in [0.25, 0.3) is 5.56 Å². The van der Waals surface area contributed by atoms with Crippen molar-refractivity contribution in [2.75, 3.05) is 11.9 Å². The van der Waals surface area contributed by atoms with Crippen molar-refractivity contribution >= 4 is 17.3 Å². The first-order chi connectivity index (χ1) is 9.49. The largest absolute Gasteiger partial charge is 0.378 e. The number of halogens is 1. The average Bonchev–Trinajstić information content (AvgIpc) is 2.40. The molecule has 1 aliphatic rings. The molecule has 1 fully saturated rings. The molecule has 2 unspecified atom stereocenters. The molecule has 20 heavy (non-hydrogen) atoms. The van der Waals surface area contributed by atoms with Crippen LogP contribution in [0.4, 0.5) is 5.69 Å². The Morgan fingerprint density at radius 3 is 3.00 bits per heavy atom. The SMILES string of the molecule is CC(C)Cn1ncc(NC2CCCNC2C)c(Cl)c1=O. The Labute approximate surface area is 124 Å². The van der Waals surface area contributed by atoms with E-state index in [9.17, 15) is 4.79 Å². The molecule has 0 bridgehead atoms. The van der Waals surface area contributed by atoms with E-state index in [4.69, 9.17) is 11.6 Å². The minimum absolute atomic E-state index is 0.221. The highest BCUT2D eigenvalue weighted by Gasteiger charge is 2.22. The van der Waals surface area contributed by atoms with Gasteiger partial charge in [-0.3, -0.25) is 4.79 Å².